The molecule has 1 aliphatic rings. The molecule has 27 heavy (non-hydrogen) atoms. The summed E-state index contributed by atoms with van der Waals surface area (Å²) in [4.78, 5) is 31.8. The molecule has 7 heteroatoms. The lowest BCUT2D eigenvalue weighted by Gasteiger charge is -2.11. The van der Waals surface area contributed by atoms with E-state index in [9.17, 15) is 9.59 Å². The van der Waals surface area contributed by atoms with E-state index < -0.39 is 0 Å². The van der Waals surface area contributed by atoms with E-state index in [2.05, 4.69) is 10.3 Å². The molecule has 0 saturated heterocycles. The van der Waals surface area contributed by atoms with Crippen LogP contribution in [0, 0.1) is 0 Å². The van der Waals surface area contributed by atoms with Crippen molar-refractivity contribution >= 4 is 33.1 Å². The fourth-order valence-electron chi connectivity index (χ4n) is 3.52. The zero-order valence-electron chi connectivity index (χ0n) is 15.2. The number of thiophene rings is 1. The van der Waals surface area contributed by atoms with Crippen molar-refractivity contribution in [2.24, 2.45) is 0 Å². The summed E-state index contributed by atoms with van der Waals surface area (Å²) in [5, 5.41) is 3.59. The maximum Gasteiger partial charge on any atom is 0.262 e. The summed E-state index contributed by atoms with van der Waals surface area (Å²) in [5.74, 6) is 0.440. The summed E-state index contributed by atoms with van der Waals surface area (Å²) < 4.78 is 6.79. The van der Waals surface area contributed by atoms with Crippen LogP contribution < -0.4 is 15.6 Å². The molecule has 6 nitrogen and oxygen atoms in total. The van der Waals surface area contributed by atoms with Crippen molar-refractivity contribution in [1.29, 1.82) is 0 Å². The fourth-order valence-corrected chi connectivity index (χ4v) is 4.74. The largest absolute Gasteiger partial charge is 0.495 e. The topological polar surface area (TPSA) is 73.2 Å². The van der Waals surface area contributed by atoms with Gasteiger partial charge in [0, 0.05) is 17.8 Å². The smallest absolute Gasteiger partial charge is 0.262 e. The quantitative estimate of drug-likeness (QED) is 0.733. The van der Waals surface area contributed by atoms with Gasteiger partial charge < -0.3 is 10.1 Å². The first kappa shape index (κ1) is 17.7. The number of fused-ring (bicyclic) bond motifs is 3. The van der Waals surface area contributed by atoms with E-state index in [-0.39, 0.29) is 17.9 Å². The van der Waals surface area contributed by atoms with Crippen molar-refractivity contribution in [3.8, 4) is 5.75 Å². The van der Waals surface area contributed by atoms with Gasteiger partial charge in [-0.15, -0.1) is 11.3 Å². The molecule has 140 valence electrons. The molecule has 1 aromatic carbocycles. The SMILES string of the molecule is COc1ccccc1NC(=O)CCn1cnc2sc3c(c2c1=O)CCCC3. The number of benzene rings is 1. The second-order valence-corrected chi connectivity index (χ2v) is 7.72. The van der Waals surface area contributed by atoms with Crippen LogP contribution in [-0.2, 0) is 24.2 Å². The van der Waals surface area contributed by atoms with Gasteiger partial charge in [-0.25, -0.2) is 4.98 Å². The van der Waals surface area contributed by atoms with Crippen LogP contribution in [0.4, 0.5) is 5.69 Å². The third-order valence-corrected chi connectivity index (χ3v) is 6.10. The van der Waals surface area contributed by atoms with Gasteiger partial charge in [0.2, 0.25) is 5.91 Å². The number of amides is 1. The molecule has 0 aliphatic heterocycles. The van der Waals surface area contributed by atoms with Gasteiger partial charge in [-0.2, -0.15) is 0 Å². The number of para-hydroxylation sites is 2. The molecule has 1 N–H and O–H groups in total. The maximum absolute atomic E-state index is 12.9. The predicted octanol–water partition coefficient (Wildman–Crippen LogP) is 3.37. The fraction of sp³-hybridized carbons (Fsp3) is 0.350. The molecule has 0 fully saturated rings. The van der Waals surface area contributed by atoms with Gasteiger partial charge in [0.05, 0.1) is 24.5 Å². The number of nitrogens with zero attached hydrogens (tertiary/aromatic N) is 2. The molecule has 0 unspecified atom stereocenters. The predicted molar refractivity (Wildman–Crippen MR) is 107 cm³/mol. The maximum atomic E-state index is 12.9. The standard InChI is InChI=1S/C20H21N3O3S/c1-26-15-8-4-3-7-14(15)22-17(24)10-11-23-12-21-19-18(20(23)25)13-6-2-5-9-16(13)27-19/h3-4,7-8,12H,2,5-6,9-11H2,1H3,(H,22,24). The molecule has 2 aromatic heterocycles. The van der Waals surface area contributed by atoms with Crippen LogP contribution in [0.2, 0.25) is 0 Å². The monoisotopic (exact) mass is 383 g/mol. The average molecular weight is 383 g/mol. The van der Waals surface area contributed by atoms with Gasteiger partial charge in [-0.3, -0.25) is 14.2 Å². The van der Waals surface area contributed by atoms with Gasteiger partial charge in [-0.1, -0.05) is 12.1 Å². The zero-order chi connectivity index (χ0) is 18.8. The lowest BCUT2D eigenvalue weighted by atomic mass is 9.97. The molecule has 0 atom stereocenters. The summed E-state index contributed by atoms with van der Waals surface area (Å²) >= 11 is 1.64. The van der Waals surface area contributed by atoms with E-state index in [1.54, 1.807) is 41.5 Å². The van der Waals surface area contributed by atoms with Crippen LogP contribution in [0.25, 0.3) is 10.2 Å². The Kier molecular flexibility index (Phi) is 4.94. The van der Waals surface area contributed by atoms with Crippen molar-refractivity contribution in [2.75, 3.05) is 12.4 Å². The first-order chi connectivity index (χ1) is 13.2. The highest BCUT2D eigenvalue weighted by atomic mass is 32.1. The molecule has 1 aliphatic carbocycles. The number of rotatable bonds is 5. The Hall–Kier alpha value is -2.67. The van der Waals surface area contributed by atoms with Crippen LogP contribution in [0.3, 0.4) is 0 Å². The number of anilines is 1. The Bertz CT molecular complexity index is 1050. The molecular weight excluding hydrogens is 362 g/mol. The summed E-state index contributed by atoms with van der Waals surface area (Å²) in [6.45, 7) is 0.299. The first-order valence-corrected chi connectivity index (χ1v) is 9.91. The molecule has 0 saturated carbocycles. The highest BCUT2D eigenvalue weighted by Gasteiger charge is 2.20. The van der Waals surface area contributed by atoms with Crippen molar-refractivity contribution in [1.82, 2.24) is 9.55 Å². The van der Waals surface area contributed by atoms with Crippen molar-refractivity contribution in [2.45, 2.75) is 38.6 Å². The van der Waals surface area contributed by atoms with Crippen LogP contribution in [0.15, 0.2) is 35.4 Å². The lowest BCUT2D eigenvalue weighted by molar-refractivity contribution is -0.116. The number of aromatic nitrogens is 2. The Morgan fingerprint density at radius 2 is 2.11 bits per heavy atom. The highest BCUT2D eigenvalue weighted by Crippen LogP contribution is 2.33. The Labute approximate surface area is 160 Å². The van der Waals surface area contributed by atoms with Crippen LogP contribution in [0.5, 0.6) is 5.75 Å². The third-order valence-electron chi connectivity index (χ3n) is 4.90. The summed E-state index contributed by atoms with van der Waals surface area (Å²) in [7, 11) is 1.56. The van der Waals surface area contributed by atoms with E-state index in [4.69, 9.17) is 4.74 Å². The normalized spacial score (nSPS) is 13.4. The van der Waals surface area contributed by atoms with Gasteiger partial charge in [-0.05, 0) is 43.4 Å². The van der Waals surface area contributed by atoms with Gasteiger partial charge in [0.25, 0.3) is 5.56 Å². The molecule has 1 amide bonds. The first-order valence-electron chi connectivity index (χ1n) is 9.10. The van der Waals surface area contributed by atoms with Gasteiger partial charge in [0.15, 0.2) is 0 Å². The molecule has 0 bridgehead atoms. The minimum Gasteiger partial charge on any atom is -0.495 e. The van der Waals surface area contributed by atoms with Crippen molar-refractivity contribution in [3.63, 3.8) is 0 Å². The summed E-state index contributed by atoms with van der Waals surface area (Å²) in [6.07, 6.45) is 6.04. The van der Waals surface area contributed by atoms with E-state index in [1.807, 2.05) is 12.1 Å². The Morgan fingerprint density at radius 3 is 2.96 bits per heavy atom. The van der Waals surface area contributed by atoms with Crippen molar-refractivity contribution < 1.29 is 9.53 Å². The number of aryl methyl sites for hydroxylation is 3. The number of carbonyl (C=O) groups excluding carboxylic acids is 1. The molecule has 2 heterocycles. The van der Waals surface area contributed by atoms with Crippen LogP contribution in [-0.4, -0.2) is 22.6 Å². The molecule has 4 rings (SSSR count). The van der Waals surface area contributed by atoms with Gasteiger partial charge >= 0.3 is 0 Å². The summed E-state index contributed by atoms with van der Waals surface area (Å²) in [5.41, 5.74) is 1.76. The molecule has 3 aromatic rings. The lowest BCUT2D eigenvalue weighted by Crippen LogP contribution is -2.24. The van der Waals surface area contributed by atoms with Crippen molar-refractivity contribution in [3.05, 3.63) is 51.4 Å². The summed E-state index contributed by atoms with van der Waals surface area (Å²) in [6, 6.07) is 7.25. The second-order valence-electron chi connectivity index (χ2n) is 6.63. The second kappa shape index (κ2) is 7.52. The highest BCUT2D eigenvalue weighted by molar-refractivity contribution is 7.18. The molecule has 0 radical (unpaired) electrons. The Balaban J connectivity index is 1.51. The van der Waals surface area contributed by atoms with E-state index in [1.165, 1.54) is 16.9 Å². The molecule has 0 spiro atoms. The number of hydrogen-bond acceptors (Lipinski definition) is 5. The molecular formula is C20H21N3O3S. The number of nitrogens with one attached hydrogen (secondary N) is 1. The Morgan fingerprint density at radius 1 is 1.30 bits per heavy atom. The van der Waals surface area contributed by atoms with Crippen LogP contribution >= 0.6 is 11.3 Å². The number of methoxy groups -OCH3 is 1. The third kappa shape index (κ3) is 3.47. The zero-order valence-corrected chi connectivity index (χ0v) is 16.0. The number of carbonyl (C=O) groups is 1. The average Bonchev–Trinajstić information content (AvgIpc) is 3.07. The van der Waals surface area contributed by atoms with Gasteiger partial charge in [0.1, 0.15) is 10.6 Å². The minimum atomic E-state index is -0.168. The van der Waals surface area contributed by atoms with E-state index in [0.717, 1.165) is 29.5 Å². The number of ether oxygens (including phenoxy) is 1. The van der Waals surface area contributed by atoms with E-state index in [0.29, 0.717) is 18.0 Å². The van der Waals surface area contributed by atoms with Crippen LogP contribution in [0.1, 0.15) is 29.7 Å². The number of hydrogen-bond donors (Lipinski definition) is 1. The van der Waals surface area contributed by atoms with E-state index >= 15 is 0 Å². The minimum absolute atomic E-state index is 0.0375.